The number of methoxy groups -OCH3 is 1. The van der Waals surface area contributed by atoms with Gasteiger partial charge in [0.25, 0.3) is 11.9 Å². The summed E-state index contributed by atoms with van der Waals surface area (Å²) in [6.45, 7) is 5.37. The van der Waals surface area contributed by atoms with E-state index >= 15 is 0 Å². The first-order valence-corrected chi connectivity index (χ1v) is 8.21. The van der Waals surface area contributed by atoms with E-state index in [1.165, 1.54) is 11.8 Å². The molecule has 1 amide bonds. The van der Waals surface area contributed by atoms with Crippen LogP contribution in [-0.4, -0.2) is 32.8 Å². The van der Waals surface area contributed by atoms with E-state index < -0.39 is 5.91 Å². The van der Waals surface area contributed by atoms with Gasteiger partial charge in [-0.05, 0) is 39.0 Å². The number of aryl methyl sites for hydroxylation is 3. The summed E-state index contributed by atoms with van der Waals surface area (Å²) in [5.74, 6) is 0.511. The molecule has 3 aromatic rings. The van der Waals surface area contributed by atoms with Crippen molar-refractivity contribution >= 4 is 11.7 Å². The Morgan fingerprint density at radius 1 is 1.19 bits per heavy atom. The lowest BCUT2D eigenvalue weighted by molar-refractivity contribution is 0.102. The molecular formula is C19H18N6O2. The summed E-state index contributed by atoms with van der Waals surface area (Å²) >= 11 is 0. The second-order valence-corrected chi connectivity index (χ2v) is 5.94. The number of benzene rings is 1. The van der Waals surface area contributed by atoms with Gasteiger partial charge in [-0.15, -0.1) is 0 Å². The van der Waals surface area contributed by atoms with Crippen LogP contribution in [-0.2, 0) is 0 Å². The second-order valence-electron chi connectivity index (χ2n) is 5.94. The standard InChI is InChI=1S/C19H18N6O2/c1-11-9-12(2)22-19(21-11)25-17(15(10-20)13(3)24-25)23-18(26)14-7-5-6-8-16(14)27-4/h5-9H,1-4H3,(H,23,26). The smallest absolute Gasteiger partial charge is 0.260 e. The largest absolute Gasteiger partial charge is 0.496 e. The van der Waals surface area contributed by atoms with Crippen molar-refractivity contribution in [1.82, 2.24) is 19.7 Å². The number of carbonyl (C=O) groups excluding carboxylic acids is 1. The molecule has 8 heteroatoms. The van der Waals surface area contributed by atoms with E-state index in [0.717, 1.165) is 11.4 Å². The van der Waals surface area contributed by atoms with E-state index in [4.69, 9.17) is 4.74 Å². The maximum atomic E-state index is 12.8. The van der Waals surface area contributed by atoms with E-state index in [1.54, 1.807) is 31.2 Å². The second kappa shape index (κ2) is 7.25. The summed E-state index contributed by atoms with van der Waals surface area (Å²) in [7, 11) is 1.49. The Morgan fingerprint density at radius 3 is 2.48 bits per heavy atom. The van der Waals surface area contributed by atoms with E-state index in [9.17, 15) is 10.1 Å². The van der Waals surface area contributed by atoms with Gasteiger partial charge in [0.05, 0.1) is 18.4 Å². The highest BCUT2D eigenvalue weighted by Gasteiger charge is 2.22. The lowest BCUT2D eigenvalue weighted by Gasteiger charge is -2.11. The highest BCUT2D eigenvalue weighted by molar-refractivity contribution is 6.06. The number of carbonyl (C=O) groups is 1. The van der Waals surface area contributed by atoms with Crippen LogP contribution in [0.5, 0.6) is 5.75 Å². The summed E-state index contributed by atoms with van der Waals surface area (Å²) in [4.78, 5) is 21.5. The third kappa shape index (κ3) is 3.48. The zero-order valence-electron chi connectivity index (χ0n) is 15.4. The van der Waals surface area contributed by atoms with Crippen molar-refractivity contribution in [1.29, 1.82) is 5.26 Å². The zero-order chi connectivity index (χ0) is 19.6. The molecule has 3 rings (SSSR count). The summed E-state index contributed by atoms with van der Waals surface area (Å²) in [6.07, 6.45) is 0. The van der Waals surface area contributed by atoms with Crippen LogP contribution < -0.4 is 10.1 Å². The van der Waals surface area contributed by atoms with Gasteiger partial charge < -0.3 is 10.1 Å². The Labute approximate surface area is 156 Å². The van der Waals surface area contributed by atoms with E-state index in [2.05, 4.69) is 26.5 Å². The molecule has 0 aliphatic rings. The molecule has 0 saturated heterocycles. The van der Waals surface area contributed by atoms with Gasteiger partial charge in [0.1, 0.15) is 17.4 Å². The third-order valence-corrected chi connectivity index (χ3v) is 3.92. The number of anilines is 1. The molecule has 27 heavy (non-hydrogen) atoms. The minimum atomic E-state index is -0.422. The Kier molecular flexibility index (Phi) is 4.86. The number of rotatable bonds is 4. The molecule has 0 fully saturated rings. The molecular weight excluding hydrogens is 344 g/mol. The molecule has 1 N–H and O–H groups in total. The SMILES string of the molecule is COc1ccccc1C(=O)Nc1c(C#N)c(C)nn1-c1nc(C)cc(C)n1. The van der Waals surface area contributed by atoms with Gasteiger partial charge in [-0.1, -0.05) is 12.1 Å². The average Bonchev–Trinajstić information content (AvgIpc) is 2.96. The van der Waals surface area contributed by atoms with Crippen LogP contribution in [0.1, 0.15) is 33.0 Å². The first kappa shape index (κ1) is 18.1. The first-order chi connectivity index (χ1) is 12.9. The van der Waals surface area contributed by atoms with Crippen LogP contribution >= 0.6 is 0 Å². The molecule has 136 valence electrons. The summed E-state index contributed by atoms with van der Waals surface area (Å²) in [5, 5.41) is 16.6. The van der Waals surface area contributed by atoms with Gasteiger partial charge in [0, 0.05) is 11.4 Å². The van der Waals surface area contributed by atoms with Crippen LogP contribution in [0, 0.1) is 32.1 Å². The van der Waals surface area contributed by atoms with E-state index in [0.29, 0.717) is 17.0 Å². The van der Waals surface area contributed by atoms with Crippen molar-refractivity contribution in [3.63, 3.8) is 0 Å². The van der Waals surface area contributed by atoms with Gasteiger partial charge in [-0.25, -0.2) is 9.97 Å². The third-order valence-electron chi connectivity index (χ3n) is 3.92. The van der Waals surface area contributed by atoms with Crippen molar-refractivity contribution in [3.8, 4) is 17.8 Å². The van der Waals surface area contributed by atoms with Crippen LogP contribution in [0.4, 0.5) is 5.82 Å². The number of ether oxygens (including phenoxy) is 1. The first-order valence-electron chi connectivity index (χ1n) is 8.21. The van der Waals surface area contributed by atoms with Gasteiger partial charge >= 0.3 is 0 Å². The topological polar surface area (TPSA) is 106 Å². The fourth-order valence-electron chi connectivity index (χ4n) is 2.73. The molecule has 2 heterocycles. The molecule has 1 aromatic carbocycles. The van der Waals surface area contributed by atoms with Crippen LogP contribution in [0.15, 0.2) is 30.3 Å². The summed E-state index contributed by atoms with van der Waals surface area (Å²) in [5.41, 5.74) is 2.57. The van der Waals surface area contributed by atoms with Crippen molar-refractivity contribution in [2.24, 2.45) is 0 Å². The number of nitriles is 1. The number of nitrogens with zero attached hydrogens (tertiary/aromatic N) is 5. The predicted octanol–water partition coefficient (Wildman–Crippen LogP) is 2.72. The van der Waals surface area contributed by atoms with E-state index in [-0.39, 0.29) is 17.3 Å². The Bertz CT molecular complexity index is 1040. The normalized spacial score (nSPS) is 10.3. The quantitative estimate of drug-likeness (QED) is 0.765. The van der Waals surface area contributed by atoms with E-state index in [1.807, 2.05) is 19.9 Å². The monoisotopic (exact) mass is 362 g/mol. The highest BCUT2D eigenvalue weighted by atomic mass is 16.5. The molecule has 2 aromatic heterocycles. The number of para-hydroxylation sites is 1. The van der Waals surface area contributed by atoms with Crippen LogP contribution in [0.25, 0.3) is 5.95 Å². The number of aromatic nitrogens is 4. The fraction of sp³-hybridized carbons (Fsp3) is 0.211. The Balaban J connectivity index is 2.10. The van der Waals surface area contributed by atoms with Crippen molar-refractivity contribution in [3.05, 3.63) is 58.5 Å². The minimum absolute atomic E-state index is 0.218. The minimum Gasteiger partial charge on any atom is -0.496 e. The van der Waals surface area contributed by atoms with Crippen LogP contribution in [0.3, 0.4) is 0 Å². The highest BCUT2D eigenvalue weighted by Crippen LogP contribution is 2.24. The molecule has 8 nitrogen and oxygen atoms in total. The van der Waals surface area contributed by atoms with Crippen molar-refractivity contribution < 1.29 is 9.53 Å². The van der Waals surface area contributed by atoms with Crippen LogP contribution in [0.2, 0.25) is 0 Å². The molecule has 0 bridgehead atoms. The Morgan fingerprint density at radius 2 is 1.85 bits per heavy atom. The van der Waals surface area contributed by atoms with Gasteiger partial charge in [0.15, 0.2) is 5.82 Å². The maximum absolute atomic E-state index is 12.8. The molecule has 0 aliphatic carbocycles. The van der Waals surface area contributed by atoms with Gasteiger partial charge in [-0.3, -0.25) is 4.79 Å². The number of nitrogens with one attached hydrogen (secondary N) is 1. The maximum Gasteiger partial charge on any atom is 0.260 e. The lowest BCUT2D eigenvalue weighted by Crippen LogP contribution is -2.18. The molecule has 0 radical (unpaired) electrons. The van der Waals surface area contributed by atoms with Crippen molar-refractivity contribution in [2.75, 3.05) is 12.4 Å². The van der Waals surface area contributed by atoms with Gasteiger partial charge in [-0.2, -0.15) is 15.0 Å². The molecule has 0 saturated carbocycles. The van der Waals surface area contributed by atoms with Crippen molar-refractivity contribution in [2.45, 2.75) is 20.8 Å². The average molecular weight is 362 g/mol. The molecule has 0 aliphatic heterocycles. The number of hydrogen-bond acceptors (Lipinski definition) is 6. The number of hydrogen-bond donors (Lipinski definition) is 1. The molecule has 0 atom stereocenters. The fourth-order valence-corrected chi connectivity index (χ4v) is 2.73. The summed E-state index contributed by atoms with van der Waals surface area (Å²) < 4.78 is 6.62. The molecule has 0 unspecified atom stereocenters. The lowest BCUT2D eigenvalue weighted by atomic mass is 10.2. The summed E-state index contributed by atoms with van der Waals surface area (Å²) in [6, 6.07) is 10.8. The zero-order valence-corrected chi connectivity index (χ0v) is 15.4. The molecule has 0 spiro atoms. The predicted molar refractivity (Wildman–Crippen MR) is 99.0 cm³/mol. The number of amides is 1. The van der Waals surface area contributed by atoms with Gasteiger partial charge in [0.2, 0.25) is 0 Å². The Hall–Kier alpha value is -3.73.